The van der Waals surface area contributed by atoms with Gasteiger partial charge in [-0.1, -0.05) is 17.3 Å². The number of hydrogen-bond acceptors (Lipinski definition) is 3. The summed E-state index contributed by atoms with van der Waals surface area (Å²) in [5, 5.41) is 3.41. The van der Waals surface area contributed by atoms with E-state index in [0.717, 1.165) is 12.1 Å². The molecule has 0 amide bonds. The maximum absolute atomic E-state index is 12.4. The van der Waals surface area contributed by atoms with Crippen LogP contribution in [-0.4, -0.2) is 5.16 Å². The molecule has 0 radical (unpaired) electrons. The average molecular weight is 228 g/mol. The van der Waals surface area contributed by atoms with Gasteiger partial charge in [-0.15, -0.1) is 0 Å². The van der Waals surface area contributed by atoms with Crippen molar-refractivity contribution in [1.29, 1.82) is 0 Å². The Morgan fingerprint density at radius 1 is 1.25 bits per heavy atom. The summed E-state index contributed by atoms with van der Waals surface area (Å²) in [7, 11) is 0. The highest BCUT2D eigenvalue weighted by Crippen LogP contribution is 2.33. The van der Waals surface area contributed by atoms with Crippen molar-refractivity contribution in [3.63, 3.8) is 0 Å². The number of hydrogen-bond donors (Lipinski definition) is 1. The lowest BCUT2D eigenvalue weighted by Crippen LogP contribution is -2.04. The van der Waals surface area contributed by atoms with Crippen LogP contribution in [-0.2, 0) is 6.18 Å². The smallest absolute Gasteiger partial charge is 0.394 e. The fourth-order valence-electron chi connectivity index (χ4n) is 1.30. The van der Waals surface area contributed by atoms with E-state index in [0.29, 0.717) is 0 Å². The van der Waals surface area contributed by atoms with Gasteiger partial charge in [0.2, 0.25) is 0 Å². The van der Waals surface area contributed by atoms with E-state index in [1.807, 2.05) is 0 Å². The van der Waals surface area contributed by atoms with Crippen LogP contribution in [0.25, 0.3) is 11.3 Å². The van der Waals surface area contributed by atoms with Crippen molar-refractivity contribution in [2.24, 2.45) is 0 Å². The zero-order valence-electron chi connectivity index (χ0n) is 7.95. The molecule has 0 atom stereocenters. The van der Waals surface area contributed by atoms with E-state index in [-0.39, 0.29) is 17.0 Å². The van der Waals surface area contributed by atoms with Gasteiger partial charge in [-0.05, 0) is 12.1 Å². The third-order valence-corrected chi connectivity index (χ3v) is 2.05. The number of aromatic nitrogens is 1. The average Bonchev–Trinajstić information content (AvgIpc) is 2.63. The summed E-state index contributed by atoms with van der Waals surface area (Å²) in [6.45, 7) is 0. The van der Waals surface area contributed by atoms with E-state index in [9.17, 15) is 13.2 Å². The lowest BCUT2D eigenvalue weighted by atomic mass is 10.1. The second-order valence-electron chi connectivity index (χ2n) is 3.19. The van der Waals surface area contributed by atoms with E-state index in [2.05, 4.69) is 5.16 Å². The third kappa shape index (κ3) is 1.86. The number of nitrogens with two attached hydrogens (primary N) is 1. The summed E-state index contributed by atoms with van der Waals surface area (Å²) in [5.74, 6) is 0.145. The number of rotatable bonds is 1. The molecule has 1 heterocycles. The molecule has 0 unspecified atom stereocenters. The monoisotopic (exact) mass is 228 g/mol. The molecule has 0 aliphatic heterocycles. The van der Waals surface area contributed by atoms with Gasteiger partial charge in [-0.25, -0.2) is 0 Å². The molecule has 0 spiro atoms. The minimum Gasteiger partial charge on any atom is -0.394 e. The van der Waals surface area contributed by atoms with Crippen LogP contribution in [0.1, 0.15) is 5.56 Å². The van der Waals surface area contributed by atoms with Gasteiger partial charge in [0.1, 0.15) is 5.69 Å². The SMILES string of the molecule is Nc1cnoc1-c1cccc(C(F)(F)F)c1. The van der Waals surface area contributed by atoms with Crippen molar-refractivity contribution in [2.75, 3.05) is 5.73 Å². The number of nitrogen functional groups attached to an aromatic ring is 1. The van der Waals surface area contributed by atoms with Gasteiger partial charge in [0, 0.05) is 5.56 Å². The van der Waals surface area contributed by atoms with Crippen LogP contribution in [0.15, 0.2) is 35.0 Å². The van der Waals surface area contributed by atoms with Crippen LogP contribution < -0.4 is 5.73 Å². The van der Waals surface area contributed by atoms with Crippen molar-refractivity contribution in [1.82, 2.24) is 5.16 Å². The van der Waals surface area contributed by atoms with Gasteiger partial charge in [0.25, 0.3) is 0 Å². The largest absolute Gasteiger partial charge is 0.416 e. The zero-order valence-corrected chi connectivity index (χ0v) is 7.95. The third-order valence-electron chi connectivity index (χ3n) is 2.05. The molecule has 0 fully saturated rings. The molecule has 2 rings (SSSR count). The highest BCUT2D eigenvalue weighted by Gasteiger charge is 2.30. The Labute approximate surface area is 88.7 Å². The Kier molecular flexibility index (Phi) is 2.34. The topological polar surface area (TPSA) is 52.0 Å². The Morgan fingerprint density at radius 2 is 2.00 bits per heavy atom. The second kappa shape index (κ2) is 3.55. The molecule has 0 aliphatic rings. The normalized spacial score (nSPS) is 11.7. The standard InChI is InChI=1S/C10H7F3N2O/c11-10(12,13)7-3-1-2-6(4-7)9-8(14)5-15-16-9/h1-5H,14H2. The number of nitrogens with zero attached hydrogens (tertiary/aromatic N) is 1. The molecule has 1 aromatic carbocycles. The number of benzene rings is 1. The molecule has 84 valence electrons. The maximum atomic E-state index is 12.4. The molecule has 0 saturated carbocycles. The van der Waals surface area contributed by atoms with Crippen LogP contribution in [0.4, 0.5) is 18.9 Å². The fourth-order valence-corrected chi connectivity index (χ4v) is 1.30. The quantitative estimate of drug-likeness (QED) is 0.816. The molecule has 2 N–H and O–H groups in total. The molecule has 1 aromatic heterocycles. The lowest BCUT2D eigenvalue weighted by Gasteiger charge is -2.07. The van der Waals surface area contributed by atoms with Gasteiger partial charge in [-0.2, -0.15) is 13.2 Å². The highest BCUT2D eigenvalue weighted by atomic mass is 19.4. The molecule has 3 nitrogen and oxygen atoms in total. The number of halogens is 3. The van der Waals surface area contributed by atoms with Gasteiger partial charge in [0.15, 0.2) is 5.76 Å². The van der Waals surface area contributed by atoms with Gasteiger partial charge < -0.3 is 10.3 Å². The molecule has 0 aliphatic carbocycles. The zero-order chi connectivity index (χ0) is 11.8. The first-order chi connectivity index (χ1) is 7.48. The van der Waals surface area contributed by atoms with Crippen molar-refractivity contribution in [3.05, 3.63) is 36.0 Å². The van der Waals surface area contributed by atoms with E-state index >= 15 is 0 Å². The summed E-state index contributed by atoms with van der Waals surface area (Å²) < 4.78 is 42.1. The minimum absolute atomic E-state index is 0.145. The van der Waals surface area contributed by atoms with Gasteiger partial charge >= 0.3 is 6.18 Å². The van der Waals surface area contributed by atoms with Crippen LogP contribution in [0, 0.1) is 0 Å². The Balaban J connectivity index is 2.49. The first-order valence-corrected chi connectivity index (χ1v) is 4.36. The molecule has 0 bridgehead atoms. The number of alkyl halides is 3. The van der Waals surface area contributed by atoms with Crippen LogP contribution in [0.2, 0.25) is 0 Å². The summed E-state index contributed by atoms with van der Waals surface area (Å²) >= 11 is 0. The van der Waals surface area contributed by atoms with Crippen LogP contribution >= 0.6 is 0 Å². The summed E-state index contributed by atoms with van der Waals surface area (Å²) in [6, 6.07) is 4.72. The first kappa shape index (κ1) is 10.5. The number of anilines is 1. The van der Waals surface area contributed by atoms with Crippen molar-refractivity contribution < 1.29 is 17.7 Å². The lowest BCUT2D eigenvalue weighted by molar-refractivity contribution is -0.137. The Bertz CT molecular complexity index is 505. The van der Waals surface area contributed by atoms with Gasteiger partial charge in [-0.3, -0.25) is 0 Å². The van der Waals surface area contributed by atoms with E-state index < -0.39 is 11.7 Å². The van der Waals surface area contributed by atoms with Crippen molar-refractivity contribution >= 4 is 5.69 Å². The predicted octanol–water partition coefficient (Wildman–Crippen LogP) is 2.94. The minimum atomic E-state index is -4.38. The molecule has 16 heavy (non-hydrogen) atoms. The second-order valence-corrected chi connectivity index (χ2v) is 3.19. The highest BCUT2D eigenvalue weighted by molar-refractivity contribution is 5.70. The van der Waals surface area contributed by atoms with Crippen molar-refractivity contribution in [2.45, 2.75) is 6.18 Å². The summed E-state index contributed by atoms with van der Waals surface area (Å²) in [4.78, 5) is 0. The van der Waals surface area contributed by atoms with E-state index in [4.69, 9.17) is 10.3 Å². The molecular weight excluding hydrogens is 221 g/mol. The molecule has 0 saturated heterocycles. The maximum Gasteiger partial charge on any atom is 0.416 e. The molecule has 2 aromatic rings. The van der Waals surface area contributed by atoms with Crippen LogP contribution in [0.5, 0.6) is 0 Å². The molecule has 6 heteroatoms. The summed E-state index contributed by atoms with van der Waals surface area (Å²) in [6.07, 6.45) is -3.14. The van der Waals surface area contributed by atoms with Gasteiger partial charge in [0.05, 0.1) is 11.8 Å². The first-order valence-electron chi connectivity index (χ1n) is 4.36. The predicted molar refractivity (Wildman–Crippen MR) is 51.4 cm³/mol. The van der Waals surface area contributed by atoms with Crippen molar-refractivity contribution in [3.8, 4) is 11.3 Å². The molecular formula is C10H7F3N2O. The summed E-state index contributed by atoms with van der Waals surface area (Å²) in [5.41, 5.74) is 5.21. The van der Waals surface area contributed by atoms with Crippen LogP contribution in [0.3, 0.4) is 0 Å². The van der Waals surface area contributed by atoms with E-state index in [1.165, 1.54) is 18.3 Å². The Hall–Kier alpha value is -1.98. The Morgan fingerprint density at radius 3 is 2.56 bits per heavy atom. The van der Waals surface area contributed by atoms with E-state index in [1.54, 1.807) is 0 Å². The fraction of sp³-hybridized carbons (Fsp3) is 0.100.